The molecule has 0 saturated carbocycles. The van der Waals surface area contributed by atoms with Crippen molar-refractivity contribution in [3.05, 3.63) is 76.3 Å². The fourth-order valence-electron chi connectivity index (χ4n) is 2.93. The number of thiazole rings is 1. The van der Waals surface area contributed by atoms with Gasteiger partial charge in [-0.25, -0.2) is 4.52 Å². The van der Waals surface area contributed by atoms with Crippen LogP contribution in [0.25, 0.3) is 16.6 Å². The lowest BCUT2D eigenvalue weighted by Gasteiger charge is -2.08. The first kappa shape index (κ1) is 18.9. The molecule has 7 heteroatoms. The average Bonchev–Trinajstić information content (AvgIpc) is 3.25. The summed E-state index contributed by atoms with van der Waals surface area (Å²) in [6.45, 7) is 4.01. The Morgan fingerprint density at radius 2 is 1.83 bits per heavy atom. The molecule has 1 N–H and O–H groups in total. The molecule has 0 spiro atoms. The number of aryl methyl sites for hydroxylation is 2. The Morgan fingerprint density at radius 1 is 1.10 bits per heavy atom. The van der Waals surface area contributed by atoms with E-state index in [2.05, 4.69) is 15.4 Å². The molecule has 4 rings (SSSR count). The molecule has 2 aromatic heterocycles. The van der Waals surface area contributed by atoms with Gasteiger partial charge in [-0.2, -0.15) is 4.98 Å². The SMILES string of the molecule is COc1ccc(/C=C(/C(=O)Nc2nc3sc(C)c(C)n3n2)c2ccccc2)cc1. The van der Waals surface area contributed by atoms with Crippen molar-refractivity contribution in [2.75, 3.05) is 12.4 Å². The molecule has 2 heterocycles. The number of rotatable bonds is 5. The van der Waals surface area contributed by atoms with Crippen LogP contribution in [0, 0.1) is 13.8 Å². The summed E-state index contributed by atoms with van der Waals surface area (Å²) in [6.07, 6.45) is 1.85. The Labute approximate surface area is 172 Å². The maximum atomic E-state index is 13.1. The number of anilines is 1. The number of ether oxygens (including phenoxy) is 1. The van der Waals surface area contributed by atoms with Crippen LogP contribution in [-0.4, -0.2) is 27.6 Å². The Hall–Kier alpha value is -3.45. The van der Waals surface area contributed by atoms with Gasteiger partial charge in [-0.15, -0.1) is 5.10 Å². The van der Waals surface area contributed by atoms with Crippen molar-refractivity contribution in [2.45, 2.75) is 13.8 Å². The Kier molecular flexibility index (Phi) is 5.14. The van der Waals surface area contributed by atoms with Crippen molar-refractivity contribution in [3.63, 3.8) is 0 Å². The van der Waals surface area contributed by atoms with Crippen molar-refractivity contribution >= 4 is 39.8 Å². The predicted molar refractivity (Wildman–Crippen MR) is 116 cm³/mol. The number of fused-ring (bicyclic) bond motifs is 1. The van der Waals surface area contributed by atoms with E-state index in [0.29, 0.717) is 11.5 Å². The van der Waals surface area contributed by atoms with E-state index in [1.165, 1.54) is 0 Å². The summed E-state index contributed by atoms with van der Waals surface area (Å²) < 4.78 is 6.96. The molecule has 0 saturated heterocycles. The summed E-state index contributed by atoms with van der Waals surface area (Å²) in [5.41, 5.74) is 3.26. The minimum absolute atomic E-state index is 0.264. The highest BCUT2D eigenvalue weighted by Gasteiger charge is 2.17. The molecule has 0 aliphatic rings. The molecule has 0 aliphatic carbocycles. The summed E-state index contributed by atoms with van der Waals surface area (Å²) >= 11 is 1.55. The molecule has 0 aliphatic heterocycles. The maximum Gasteiger partial charge on any atom is 0.258 e. The third-order valence-corrected chi connectivity index (χ3v) is 5.68. The molecule has 146 valence electrons. The van der Waals surface area contributed by atoms with Gasteiger partial charge in [0.15, 0.2) is 0 Å². The van der Waals surface area contributed by atoms with Crippen LogP contribution in [0.5, 0.6) is 5.75 Å². The normalized spacial score (nSPS) is 11.6. The number of hydrogen-bond donors (Lipinski definition) is 1. The second-order valence-electron chi connectivity index (χ2n) is 6.52. The van der Waals surface area contributed by atoms with E-state index in [0.717, 1.165) is 32.4 Å². The molecule has 29 heavy (non-hydrogen) atoms. The number of aromatic nitrogens is 3. The molecule has 0 fully saturated rings. The number of amides is 1. The van der Waals surface area contributed by atoms with Crippen molar-refractivity contribution in [2.24, 2.45) is 0 Å². The molecule has 0 atom stereocenters. The summed E-state index contributed by atoms with van der Waals surface area (Å²) in [6, 6.07) is 17.1. The lowest BCUT2D eigenvalue weighted by atomic mass is 10.0. The number of benzene rings is 2. The largest absolute Gasteiger partial charge is 0.497 e. The van der Waals surface area contributed by atoms with Crippen LogP contribution in [-0.2, 0) is 4.79 Å². The maximum absolute atomic E-state index is 13.1. The lowest BCUT2D eigenvalue weighted by Crippen LogP contribution is -2.15. The molecule has 0 bridgehead atoms. The van der Waals surface area contributed by atoms with Crippen molar-refractivity contribution in [3.8, 4) is 5.75 Å². The smallest absolute Gasteiger partial charge is 0.258 e. The standard InChI is InChI=1S/C22H20N4O2S/c1-14-15(2)29-22-24-21(25-26(14)22)23-20(27)19(17-7-5-4-6-8-17)13-16-9-11-18(28-3)12-10-16/h4-13H,1-3H3,(H,23,25,27)/b19-13+. The Morgan fingerprint density at radius 3 is 2.48 bits per heavy atom. The second kappa shape index (κ2) is 7.89. The van der Waals surface area contributed by atoms with Gasteiger partial charge in [0, 0.05) is 10.5 Å². The van der Waals surface area contributed by atoms with Gasteiger partial charge in [-0.05, 0) is 43.2 Å². The van der Waals surface area contributed by atoms with Gasteiger partial charge in [0.05, 0.1) is 12.8 Å². The van der Waals surface area contributed by atoms with Crippen molar-refractivity contribution < 1.29 is 9.53 Å². The van der Waals surface area contributed by atoms with Crippen LogP contribution >= 0.6 is 11.3 Å². The monoisotopic (exact) mass is 404 g/mol. The van der Waals surface area contributed by atoms with Gasteiger partial charge >= 0.3 is 0 Å². The van der Waals surface area contributed by atoms with E-state index in [1.807, 2.05) is 74.5 Å². The first-order valence-corrected chi connectivity index (χ1v) is 9.92. The number of methoxy groups -OCH3 is 1. The molecular formula is C22H20N4O2S. The fraction of sp³-hybridized carbons (Fsp3) is 0.136. The van der Waals surface area contributed by atoms with Crippen LogP contribution in [0.3, 0.4) is 0 Å². The highest BCUT2D eigenvalue weighted by molar-refractivity contribution is 7.17. The minimum Gasteiger partial charge on any atom is -0.497 e. The predicted octanol–water partition coefficient (Wildman–Crippen LogP) is 4.60. The Bertz CT molecular complexity index is 1190. The highest BCUT2D eigenvalue weighted by atomic mass is 32.1. The van der Waals surface area contributed by atoms with Gasteiger partial charge in [-0.1, -0.05) is 53.8 Å². The zero-order valence-corrected chi connectivity index (χ0v) is 17.2. The molecular weight excluding hydrogens is 384 g/mol. The first-order valence-electron chi connectivity index (χ1n) is 9.10. The van der Waals surface area contributed by atoms with Crippen molar-refractivity contribution in [1.29, 1.82) is 0 Å². The highest BCUT2D eigenvalue weighted by Crippen LogP contribution is 2.24. The molecule has 4 aromatic rings. The zero-order chi connectivity index (χ0) is 20.4. The minimum atomic E-state index is -0.264. The number of nitrogens with one attached hydrogen (secondary N) is 1. The van der Waals surface area contributed by atoms with Gasteiger partial charge in [0.2, 0.25) is 4.96 Å². The zero-order valence-electron chi connectivity index (χ0n) is 16.3. The molecule has 2 aromatic carbocycles. The van der Waals surface area contributed by atoms with Crippen LogP contribution in [0.1, 0.15) is 21.7 Å². The van der Waals surface area contributed by atoms with Crippen LogP contribution in [0.4, 0.5) is 5.95 Å². The van der Waals surface area contributed by atoms with E-state index in [4.69, 9.17) is 4.74 Å². The van der Waals surface area contributed by atoms with Crippen molar-refractivity contribution in [1.82, 2.24) is 14.6 Å². The summed E-state index contributed by atoms with van der Waals surface area (Å²) in [5, 5.41) is 7.26. The summed E-state index contributed by atoms with van der Waals surface area (Å²) in [5.74, 6) is 0.793. The van der Waals surface area contributed by atoms with Gasteiger partial charge in [0.1, 0.15) is 5.75 Å². The second-order valence-corrected chi connectivity index (χ2v) is 7.71. The Balaban J connectivity index is 1.67. The van der Waals surface area contributed by atoms with Crippen LogP contribution in [0.15, 0.2) is 54.6 Å². The van der Waals surface area contributed by atoms with E-state index >= 15 is 0 Å². The topological polar surface area (TPSA) is 68.5 Å². The van der Waals surface area contributed by atoms with E-state index in [1.54, 1.807) is 23.0 Å². The van der Waals surface area contributed by atoms with Gasteiger partial charge in [0.25, 0.3) is 11.9 Å². The van der Waals surface area contributed by atoms with E-state index in [-0.39, 0.29) is 5.91 Å². The van der Waals surface area contributed by atoms with Gasteiger partial charge < -0.3 is 4.74 Å². The molecule has 6 nitrogen and oxygen atoms in total. The quantitative estimate of drug-likeness (QED) is 0.390. The number of carbonyl (C=O) groups is 1. The van der Waals surface area contributed by atoms with E-state index < -0.39 is 0 Å². The third kappa shape index (κ3) is 3.90. The van der Waals surface area contributed by atoms with Crippen LogP contribution < -0.4 is 10.1 Å². The molecule has 1 amide bonds. The summed E-state index contributed by atoms with van der Waals surface area (Å²) in [7, 11) is 1.62. The number of hydrogen-bond acceptors (Lipinski definition) is 5. The fourth-order valence-corrected chi connectivity index (χ4v) is 3.83. The summed E-state index contributed by atoms with van der Waals surface area (Å²) in [4.78, 5) is 19.5. The van der Waals surface area contributed by atoms with Crippen LogP contribution in [0.2, 0.25) is 0 Å². The molecule has 0 radical (unpaired) electrons. The number of nitrogens with zero attached hydrogens (tertiary/aromatic N) is 3. The average molecular weight is 404 g/mol. The van der Waals surface area contributed by atoms with Gasteiger partial charge in [-0.3, -0.25) is 10.1 Å². The number of carbonyl (C=O) groups excluding carboxylic acids is 1. The molecule has 0 unspecified atom stereocenters. The lowest BCUT2D eigenvalue weighted by molar-refractivity contribution is -0.111. The van der Waals surface area contributed by atoms with E-state index in [9.17, 15) is 4.79 Å². The third-order valence-electron chi connectivity index (χ3n) is 4.63. The first-order chi connectivity index (χ1) is 14.0.